The lowest BCUT2D eigenvalue weighted by atomic mass is 9.83. The summed E-state index contributed by atoms with van der Waals surface area (Å²) in [6, 6.07) is 1.80. The summed E-state index contributed by atoms with van der Waals surface area (Å²) in [5.74, 6) is 0. The molecule has 1 unspecified atom stereocenters. The van der Waals surface area contributed by atoms with Gasteiger partial charge in [0.25, 0.3) is 0 Å². The van der Waals surface area contributed by atoms with Crippen molar-refractivity contribution >= 4 is 0 Å². The van der Waals surface area contributed by atoms with E-state index in [4.69, 9.17) is 4.74 Å². The summed E-state index contributed by atoms with van der Waals surface area (Å²) in [7, 11) is 0. The molecule has 2 fully saturated rings. The maximum Gasteiger partial charge on any atom is 0.347 e. The van der Waals surface area contributed by atoms with Gasteiger partial charge in [-0.15, -0.1) is 0 Å². The molecule has 3 rings (SSSR count). The van der Waals surface area contributed by atoms with Crippen LogP contribution in [0.5, 0.6) is 0 Å². The van der Waals surface area contributed by atoms with Crippen LogP contribution in [0.1, 0.15) is 44.9 Å². The largest absolute Gasteiger partial charge is 0.370 e. The summed E-state index contributed by atoms with van der Waals surface area (Å²) in [6.07, 6.45) is 12.1. The van der Waals surface area contributed by atoms with E-state index >= 15 is 0 Å². The molecule has 1 atom stereocenters. The van der Waals surface area contributed by atoms with Gasteiger partial charge in [0.2, 0.25) is 0 Å². The molecule has 2 heterocycles. The van der Waals surface area contributed by atoms with Crippen LogP contribution in [-0.4, -0.2) is 21.3 Å². The van der Waals surface area contributed by atoms with E-state index < -0.39 is 0 Å². The molecule has 1 aliphatic carbocycles. The highest BCUT2D eigenvalue weighted by Crippen LogP contribution is 2.42. The average molecular weight is 248 g/mol. The monoisotopic (exact) mass is 248 g/mol. The van der Waals surface area contributed by atoms with Gasteiger partial charge in [0, 0.05) is 12.4 Å². The van der Waals surface area contributed by atoms with Crippen LogP contribution in [0, 0.1) is 0 Å². The Morgan fingerprint density at radius 3 is 2.94 bits per heavy atom. The standard InChI is InChI=1S/C14H20N2O2/c17-13-15-9-4-10-16(13)11-12-5-8-14(18-12)6-2-1-3-7-14/h4,9-10,12H,1-3,5-8,11H2. The molecule has 1 aliphatic heterocycles. The summed E-state index contributed by atoms with van der Waals surface area (Å²) in [5, 5.41) is 0. The van der Waals surface area contributed by atoms with Gasteiger partial charge in [-0.05, 0) is 31.7 Å². The Labute approximate surface area is 107 Å². The Morgan fingerprint density at radius 1 is 1.33 bits per heavy atom. The fourth-order valence-electron chi connectivity index (χ4n) is 3.33. The Balaban J connectivity index is 1.66. The summed E-state index contributed by atoms with van der Waals surface area (Å²) < 4.78 is 7.92. The fraction of sp³-hybridized carbons (Fsp3) is 0.714. The first-order valence-electron chi connectivity index (χ1n) is 6.97. The summed E-state index contributed by atoms with van der Waals surface area (Å²) in [5.41, 5.74) is -0.0416. The molecule has 0 aromatic carbocycles. The van der Waals surface area contributed by atoms with Crippen LogP contribution in [-0.2, 0) is 11.3 Å². The van der Waals surface area contributed by atoms with Crippen molar-refractivity contribution in [3.05, 3.63) is 28.9 Å². The SMILES string of the molecule is O=c1ncccn1CC1CCC2(CCCCC2)O1. The summed E-state index contributed by atoms with van der Waals surface area (Å²) >= 11 is 0. The van der Waals surface area contributed by atoms with E-state index in [0.29, 0.717) is 6.54 Å². The van der Waals surface area contributed by atoms with E-state index in [1.54, 1.807) is 16.8 Å². The summed E-state index contributed by atoms with van der Waals surface area (Å²) in [4.78, 5) is 15.3. The highest BCUT2D eigenvalue weighted by atomic mass is 16.5. The van der Waals surface area contributed by atoms with Crippen molar-refractivity contribution in [3.8, 4) is 0 Å². The minimum Gasteiger partial charge on any atom is -0.370 e. The zero-order valence-electron chi connectivity index (χ0n) is 10.7. The maximum absolute atomic E-state index is 11.6. The van der Waals surface area contributed by atoms with Crippen LogP contribution in [0.3, 0.4) is 0 Å². The number of nitrogens with zero attached hydrogens (tertiary/aromatic N) is 2. The zero-order valence-corrected chi connectivity index (χ0v) is 10.7. The number of ether oxygens (including phenoxy) is 1. The van der Waals surface area contributed by atoms with Crippen LogP contribution in [0.25, 0.3) is 0 Å². The lowest BCUT2D eigenvalue weighted by molar-refractivity contribution is -0.0683. The summed E-state index contributed by atoms with van der Waals surface area (Å²) in [6.45, 7) is 0.647. The molecule has 0 radical (unpaired) electrons. The van der Waals surface area contributed by atoms with E-state index in [1.165, 1.54) is 38.3 Å². The highest BCUT2D eigenvalue weighted by Gasteiger charge is 2.40. The molecular formula is C14H20N2O2. The van der Waals surface area contributed by atoms with Crippen LogP contribution in [0.2, 0.25) is 0 Å². The van der Waals surface area contributed by atoms with Crippen molar-refractivity contribution in [2.75, 3.05) is 0 Å². The van der Waals surface area contributed by atoms with Crippen molar-refractivity contribution in [3.63, 3.8) is 0 Å². The molecule has 1 saturated carbocycles. The fourth-order valence-corrected chi connectivity index (χ4v) is 3.33. The molecule has 0 bridgehead atoms. The average Bonchev–Trinajstić information content (AvgIpc) is 2.76. The minimum absolute atomic E-state index is 0.134. The van der Waals surface area contributed by atoms with Crippen molar-refractivity contribution < 1.29 is 4.74 Å². The molecule has 98 valence electrons. The third-order valence-electron chi connectivity index (χ3n) is 4.29. The third kappa shape index (κ3) is 2.34. The Morgan fingerprint density at radius 2 is 2.17 bits per heavy atom. The lowest BCUT2D eigenvalue weighted by Crippen LogP contribution is -2.34. The first-order chi connectivity index (χ1) is 8.77. The maximum atomic E-state index is 11.6. The van der Waals surface area contributed by atoms with Gasteiger partial charge >= 0.3 is 5.69 Å². The molecule has 4 nitrogen and oxygen atoms in total. The van der Waals surface area contributed by atoms with Crippen LogP contribution in [0.15, 0.2) is 23.3 Å². The third-order valence-corrected chi connectivity index (χ3v) is 4.29. The lowest BCUT2D eigenvalue weighted by Gasteiger charge is -2.33. The second-order valence-electron chi connectivity index (χ2n) is 5.58. The van der Waals surface area contributed by atoms with Gasteiger partial charge in [0.15, 0.2) is 0 Å². The normalized spacial score (nSPS) is 26.6. The molecule has 4 heteroatoms. The molecule has 2 aliphatic rings. The van der Waals surface area contributed by atoms with Gasteiger partial charge < -0.3 is 4.74 Å². The van der Waals surface area contributed by atoms with Gasteiger partial charge in [-0.2, -0.15) is 0 Å². The van der Waals surface area contributed by atoms with Gasteiger partial charge in [0.1, 0.15) is 0 Å². The van der Waals surface area contributed by atoms with Crippen LogP contribution < -0.4 is 5.69 Å². The molecule has 1 aromatic heterocycles. The Kier molecular flexibility index (Phi) is 3.20. The molecule has 0 amide bonds. The van der Waals surface area contributed by atoms with Gasteiger partial charge in [0.05, 0.1) is 18.2 Å². The highest BCUT2D eigenvalue weighted by molar-refractivity contribution is 4.92. The predicted octanol–water partition coefficient (Wildman–Crippen LogP) is 2.13. The Bertz CT molecular complexity index is 463. The van der Waals surface area contributed by atoms with E-state index in [2.05, 4.69) is 4.98 Å². The predicted molar refractivity (Wildman–Crippen MR) is 68.4 cm³/mol. The number of rotatable bonds is 2. The molecule has 1 saturated heterocycles. The molecule has 0 N–H and O–H groups in total. The van der Waals surface area contributed by atoms with E-state index in [0.717, 1.165) is 12.8 Å². The van der Waals surface area contributed by atoms with Crippen LogP contribution in [0.4, 0.5) is 0 Å². The zero-order chi connectivity index (χ0) is 12.4. The topological polar surface area (TPSA) is 44.1 Å². The van der Waals surface area contributed by atoms with Gasteiger partial charge in [-0.1, -0.05) is 19.3 Å². The molecular weight excluding hydrogens is 228 g/mol. The van der Waals surface area contributed by atoms with Crippen molar-refractivity contribution in [2.45, 2.75) is 63.2 Å². The van der Waals surface area contributed by atoms with Crippen molar-refractivity contribution in [2.24, 2.45) is 0 Å². The number of aromatic nitrogens is 2. The van der Waals surface area contributed by atoms with Gasteiger partial charge in [-0.3, -0.25) is 4.57 Å². The first-order valence-corrected chi connectivity index (χ1v) is 6.97. The second kappa shape index (κ2) is 4.84. The van der Waals surface area contributed by atoms with Crippen LogP contribution >= 0.6 is 0 Å². The van der Waals surface area contributed by atoms with E-state index in [1.807, 2.05) is 0 Å². The number of hydrogen-bond donors (Lipinski definition) is 0. The van der Waals surface area contributed by atoms with Crippen molar-refractivity contribution in [1.29, 1.82) is 0 Å². The quantitative estimate of drug-likeness (QED) is 0.805. The van der Waals surface area contributed by atoms with E-state index in [-0.39, 0.29) is 17.4 Å². The smallest absolute Gasteiger partial charge is 0.347 e. The van der Waals surface area contributed by atoms with Crippen molar-refractivity contribution in [1.82, 2.24) is 9.55 Å². The molecule has 18 heavy (non-hydrogen) atoms. The van der Waals surface area contributed by atoms with E-state index in [9.17, 15) is 4.79 Å². The Hall–Kier alpha value is -1.16. The molecule has 1 aromatic rings. The van der Waals surface area contributed by atoms with Gasteiger partial charge in [-0.25, -0.2) is 9.78 Å². The first kappa shape index (κ1) is 11.9. The minimum atomic E-state index is -0.175. The number of hydrogen-bond acceptors (Lipinski definition) is 3. The molecule has 1 spiro atoms. The second-order valence-corrected chi connectivity index (χ2v) is 5.58.